The molecule has 0 fully saturated rings. The monoisotopic (exact) mass is 672 g/mol. The van der Waals surface area contributed by atoms with Crippen molar-refractivity contribution in [2.45, 2.75) is 26.2 Å². The third kappa shape index (κ3) is 5.50. The van der Waals surface area contributed by atoms with Crippen LogP contribution in [0.3, 0.4) is 0 Å². The highest BCUT2D eigenvalue weighted by molar-refractivity contribution is 5.84. The Kier molecular flexibility index (Phi) is 7.48. The van der Waals surface area contributed by atoms with Gasteiger partial charge in [0.05, 0.1) is 17.1 Å². The molecular formula is C48H36N2O2. The van der Waals surface area contributed by atoms with Crippen LogP contribution in [0.1, 0.15) is 30.7 Å². The lowest BCUT2D eigenvalue weighted by atomic mass is 9.82. The van der Waals surface area contributed by atoms with E-state index in [4.69, 9.17) is 14.4 Å². The average molecular weight is 673 g/mol. The molecule has 0 amide bonds. The lowest BCUT2D eigenvalue weighted by Gasteiger charge is -2.21. The summed E-state index contributed by atoms with van der Waals surface area (Å²) in [4.78, 5) is 10.0. The number of rotatable bonds is 6. The van der Waals surface area contributed by atoms with Crippen molar-refractivity contribution in [2.75, 3.05) is 0 Å². The first-order valence-corrected chi connectivity index (χ1v) is 17.6. The van der Waals surface area contributed by atoms with Gasteiger partial charge in [0.25, 0.3) is 0 Å². The minimum atomic E-state index is -0.0771. The Morgan fingerprint density at radius 2 is 1.06 bits per heavy atom. The summed E-state index contributed by atoms with van der Waals surface area (Å²) in [7, 11) is 0. The van der Waals surface area contributed by atoms with Gasteiger partial charge in [-0.2, -0.15) is 0 Å². The molecule has 0 aliphatic heterocycles. The van der Waals surface area contributed by atoms with Crippen LogP contribution in [0.4, 0.5) is 0 Å². The fourth-order valence-corrected chi connectivity index (χ4v) is 7.61. The Labute approximate surface area is 303 Å². The van der Waals surface area contributed by atoms with E-state index >= 15 is 0 Å². The standard InChI is InChI=1S/C48H36N2O2/c1-30-24-36(47-23-22-46(52-47)34-20-21-38-37-16-7-9-18-40(37)48(2,3)41(38)26-34)29-42(49-30)32-14-11-15-33(25-32)43-27-35(31-12-5-4-6-13-31)28-44(50-43)39-17-8-10-19-45(39)51/h4-29,51H,1-3H3. The fraction of sp³-hybridized carbons (Fsp3) is 0.0833. The molecule has 1 aliphatic carbocycles. The molecule has 4 heteroatoms. The summed E-state index contributed by atoms with van der Waals surface area (Å²) in [6.45, 7) is 6.62. The van der Waals surface area contributed by atoms with Crippen molar-refractivity contribution in [1.29, 1.82) is 0 Å². The van der Waals surface area contributed by atoms with Crippen molar-refractivity contribution >= 4 is 0 Å². The van der Waals surface area contributed by atoms with Gasteiger partial charge in [0.1, 0.15) is 17.3 Å². The molecule has 8 aromatic rings. The SMILES string of the molecule is Cc1cc(-c2ccc(-c3ccc4c(c3)C(C)(C)c3ccccc3-4)o2)cc(-c2cccc(-c3cc(-c4ccccc4)cc(-c4ccccc4O)n3)c2)n1. The first-order chi connectivity index (χ1) is 25.3. The Balaban J connectivity index is 1.07. The summed E-state index contributed by atoms with van der Waals surface area (Å²) in [6, 6.07) is 53.7. The zero-order chi connectivity index (χ0) is 35.4. The van der Waals surface area contributed by atoms with E-state index in [0.29, 0.717) is 11.3 Å². The lowest BCUT2D eigenvalue weighted by Crippen LogP contribution is -2.14. The number of phenols is 1. The van der Waals surface area contributed by atoms with Crippen molar-refractivity contribution in [3.63, 3.8) is 0 Å². The Morgan fingerprint density at radius 3 is 1.85 bits per heavy atom. The topological polar surface area (TPSA) is 59.2 Å². The maximum atomic E-state index is 10.7. The lowest BCUT2D eigenvalue weighted by molar-refractivity contribution is 0.477. The summed E-state index contributed by atoms with van der Waals surface area (Å²) in [5.41, 5.74) is 15.3. The molecule has 1 aliphatic rings. The molecule has 0 spiro atoms. The molecule has 3 heterocycles. The van der Waals surface area contributed by atoms with Crippen molar-refractivity contribution in [1.82, 2.24) is 9.97 Å². The minimum Gasteiger partial charge on any atom is -0.507 e. The van der Waals surface area contributed by atoms with Gasteiger partial charge in [-0.25, -0.2) is 4.98 Å². The molecule has 250 valence electrons. The number of para-hydroxylation sites is 1. The molecular weight excluding hydrogens is 637 g/mol. The predicted octanol–water partition coefficient (Wildman–Crippen LogP) is 12.4. The molecule has 0 saturated carbocycles. The number of pyridine rings is 2. The highest BCUT2D eigenvalue weighted by Gasteiger charge is 2.35. The molecule has 1 N–H and O–H groups in total. The van der Waals surface area contributed by atoms with Gasteiger partial charge in [-0.3, -0.25) is 4.98 Å². The third-order valence-electron chi connectivity index (χ3n) is 10.3. The highest BCUT2D eigenvalue weighted by Crippen LogP contribution is 2.49. The summed E-state index contributed by atoms with van der Waals surface area (Å²) in [5, 5.41) is 10.7. The van der Waals surface area contributed by atoms with Crippen LogP contribution < -0.4 is 0 Å². The van der Waals surface area contributed by atoms with Crippen LogP contribution in [0.25, 0.3) is 78.7 Å². The van der Waals surface area contributed by atoms with Crippen LogP contribution >= 0.6 is 0 Å². The van der Waals surface area contributed by atoms with Crippen molar-refractivity contribution in [3.05, 3.63) is 175 Å². The smallest absolute Gasteiger partial charge is 0.134 e. The van der Waals surface area contributed by atoms with Crippen molar-refractivity contribution < 1.29 is 9.52 Å². The zero-order valence-corrected chi connectivity index (χ0v) is 29.3. The summed E-state index contributed by atoms with van der Waals surface area (Å²) in [5.74, 6) is 1.83. The molecule has 4 nitrogen and oxygen atoms in total. The van der Waals surface area contributed by atoms with Gasteiger partial charge in [-0.15, -0.1) is 0 Å². The summed E-state index contributed by atoms with van der Waals surface area (Å²) in [6.07, 6.45) is 0. The van der Waals surface area contributed by atoms with Gasteiger partial charge in [-0.1, -0.05) is 111 Å². The van der Waals surface area contributed by atoms with Gasteiger partial charge in [-0.05, 0) is 101 Å². The van der Waals surface area contributed by atoms with Crippen LogP contribution in [0.2, 0.25) is 0 Å². The fourth-order valence-electron chi connectivity index (χ4n) is 7.61. The van der Waals surface area contributed by atoms with E-state index in [1.54, 1.807) is 6.07 Å². The number of aromatic hydroxyl groups is 1. The number of aryl methyl sites for hydroxylation is 1. The van der Waals surface area contributed by atoms with E-state index in [0.717, 1.165) is 62.0 Å². The quantitative estimate of drug-likeness (QED) is 0.191. The van der Waals surface area contributed by atoms with Gasteiger partial charge in [0.2, 0.25) is 0 Å². The number of phenolic OH excluding ortho intramolecular Hbond substituents is 1. The number of nitrogens with zero attached hydrogens (tertiary/aromatic N) is 2. The normalized spacial score (nSPS) is 12.8. The molecule has 3 aromatic heterocycles. The minimum absolute atomic E-state index is 0.0771. The van der Waals surface area contributed by atoms with E-state index < -0.39 is 0 Å². The highest BCUT2D eigenvalue weighted by atomic mass is 16.3. The van der Waals surface area contributed by atoms with Crippen LogP contribution in [-0.2, 0) is 5.41 Å². The number of hydrogen-bond donors (Lipinski definition) is 1. The maximum Gasteiger partial charge on any atom is 0.134 e. The van der Waals surface area contributed by atoms with Gasteiger partial charge >= 0.3 is 0 Å². The molecule has 52 heavy (non-hydrogen) atoms. The number of aromatic nitrogens is 2. The van der Waals surface area contributed by atoms with Crippen LogP contribution in [-0.4, -0.2) is 15.1 Å². The zero-order valence-electron chi connectivity index (χ0n) is 29.3. The second-order valence-electron chi connectivity index (χ2n) is 14.1. The third-order valence-corrected chi connectivity index (χ3v) is 10.3. The van der Waals surface area contributed by atoms with Crippen molar-refractivity contribution in [3.8, 4) is 84.4 Å². The summed E-state index contributed by atoms with van der Waals surface area (Å²) < 4.78 is 6.56. The van der Waals surface area contributed by atoms with E-state index in [2.05, 4.69) is 117 Å². The number of benzene rings is 5. The van der Waals surface area contributed by atoms with E-state index in [1.807, 2.05) is 55.5 Å². The van der Waals surface area contributed by atoms with Crippen LogP contribution in [0, 0.1) is 6.92 Å². The number of fused-ring (bicyclic) bond motifs is 3. The Hall–Kier alpha value is -6.52. The molecule has 9 rings (SSSR count). The number of furan rings is 1. The average Bonchev–Trinajstić information content (AvgIpc) is 3.76. The Morgan fingerprint density at radius 1 is 0.442 bits per heavy atom. The van der Waals surface area contributed by atoms with Gasteiger partial charge in [0, 0.05) is 38.9 Å². The molecule has 5 aromatic carbocycles. The molecule has 0 bridgehead atoms. The largest absolute Gasteiger partial charge is 0.507 e. The second-order valence-corrected chi connectivity index (χ2v) is 14.1. The van der Waals surface area contributed by atoms with E-state index in [1.165, 1.54) is 22.3 Å². The van der Waals surface area contributed by atoms with Gasteiger partial charge < -0.3 is 9.52 Å². The van der Waals surface area contributed by atoms with Gasteiger partial charge in [0.15, 0.2) is 0 Å². The Bertz CT molecular complexity index is 2630. The molecule has 0 saturated heterocycles. The molecule has 0 unspecified atom stereocenters. The molecule has 0 atom stereocenters. The molecule has 0 radical (unpaired) electrons. The second kappa shape index (κ2) is 12.4. The predicted molar refractivity (Wildman–Crippen MR) is 211 cm³/mol. The van der Waals surface area contributed by atoms with Crippen LogP contribution in [0.5, 0.6) is 5.75 Å². The maximum absolute atomic E-state index is 10.7. The van der Waals surface area contributed by atoms with E-state index in [-0.39, 0.29) is 11.2 Å². The first kappa shape index (κ1) is 31.5. The van der Waals surface area contributed by atoms with Crippen molar-refractivity contribution in [2.24, 2.45) is 0 Å². The summed E-state index contributed by atoms with van der Waals surface area (Å²) >= 11 is 0. The van der Waals surface area contributed by atoms with E-state index in [9.17, 15) is 5.11 Å². The first-order valence-electron chi connectivity index (χ1n) is 17.6. The van der Waals surface area contributed by atoms with Crippen LogP contribution in [0.15, 0.2) is 162 Å². The number of hydrogen-bond acceptors (Lipinski definition) is 4.